The Hall–Kier alpha value is -1.34. The molecule has 0 aromatic carbocycles. The molecule has 1 rings (SSSR count). The summed E-state index contributed by atoms with van der Waals surface area (Å²) in [6.45, 7) is 4.55. The molecule has 0 aromatic heterocycles. The normalized spacial score (nSPS) is 19.4. The van der Waals surface area contributed by atoms with Crippen molar-refractivity contribution in [3.63, 3.8) is 0 Å². The van der Waals surface area contributed by atoms with Crippen molar-refractivity contribution in [2.24, 2.45) is 5.92 Å². The number of carboxylic acid groups (broad SMARTS) is 1. The van der Waals surface area contributed by atoms with Crippen LogP contribution in [0.15, 0.2) is 0 Å². The van der Waals surface area contributed by atoms with Gasteiger partial charge < -0.3 is 25.2 Å². The van der Waals surface area contributed by atoms with Gasteiger partial charge in [-0.15, -0.1) is 0 Å². The molecule has 116 valence electrons. The summed E-state index contributed by atoms with van der Waals surface area (Å²) in [7, 11) is 1.54. The minimum atomic E-state index is -1.06. The molecule has 1 aliphatic rings. The van der Waals surface area contributed by atoms with E-state index in [0.29, 0.717) is 26.1 Å². The maximum atomic E-state index is 12.0. The van der Waals surface area contributed by atoms with Crippen molar-refractivity contribution in [3.8, 4) is 0 Å². The summed E-state index contributed by atoms with van der Waals surface area (Å²) in [5.41, 5.74) is -0.957. The summed E-state index contributed by atoms with van der Waals surface area (Å²) in [6, 6.07) is -1.43. The second-order valence-electron chi connectivity index (χ2n) is 5.70. The molecule has 1 fully saturated rings. The fourth-order valence-electron chi connectivity index (χ4n) is 2.18. The number of aliphatic hydroxyl groups is 1. The van der Waals surface area contributed by atoms with Gasteiger partial charge in [0.15, 0.2) is 0 Å². The van der Waals surface area contributed by atoms with Gasteiger partial charge in [0.2, 0.25) is 0 Å². The lowest BCUT2D eigenvalue weighted by atomic mass is 9.94. The predicted molar refractivity (Wildman–Crippen MR) is 72.4 cm³/mol. The third-order valence-electron chi connectivity index (χ3n) is 3.51. The van der Waals surface area contributed by atoms with Gasteiger partial charge in [0.1, 0.15) is 6.04 Å². The first-order chi connectivity index (χ1) is 9.25. The first-order valence-corrected chi connectivity index (χ1v) is 6.80. The molecule has 1 heterocycles. The molecule has 1 aliphatic heterocycles. The van der Waals surface area contributed by atoms with Crippen LogP contribution in [0, 0.1) is 5.92 Å². The number of hydrogen-bond donors (Lipinski definition) is 3. The molecule has 0 unspecified atom stereocenters. The van der Waals surface area contributed by atoms with Crippen molar-refractivity contribution in [2.75, 3.05) is 26.8 Å². The van der Waals surface area contributed by atoms with Crippen LogP contribution in [0.1, 0.15) is 26.7 Å². The Labute approximate surface area is 118 Å². The van der Waals surface area contributed by atoms with E-state index in [9.17, 15) is 14.7 Å². The van der Waals surface area contributed by atoms with Crippen LogP contribution in [0.25, 0.3) is 0 Å². The highest BCUT2D eigenvalue weighted by molar-refractivity contribution is 5.82. The van der Waals surface area contributed by atoms with Gasteiger partial charge in [-0.25, -0.2) is 9.59 Å². The average molecular weight is 288 g/mol. The molecule has 0 saturated carbocycles. The van der Waals surface area contributed by atoms with Gasteiger partial charge in [0.05, 0.1) is 12.1 Å². The quantitative estimate of drug-likeness (QED) is 0.675. The highest BCUT2D eigenvalue weighted by Gasteiger charge is 2.33. The number of ether oxygens (including phenoxy) is 1. The third-order valence-corrected chi connectivity index (χ3v) is 3.51. The lowest BCUT2D eigenvalue weighted by molar-refractivity contribution is -0.140. The highest BCUT2D eigenvalue weighted by atomic mass is 16.5. The molecule has 0 aromatic rings. The lowest BCUT2D eigenvalue weighted by Crippen LogP contribution is -2.53. The Kier molecular flexibility index (Phi) is 5.76. The van der Waals surface area contributed by atoms with Gasteiger partial charge in [0.25, 0.3) is 0 Å². The van der Waals surface area contributed by atoms with Crippen molar-refractivity contribution in [1.82, 2.24) is 10.2 Å². The van der Waals surface area contributed by atoms with Crippen LogP contribution >= 0.6 is 0 Å². The molecule has 20 heavy (non-hydrogen) atoms. The Morgan fingerprint density at radius 3 is 2.35 bits per heavy atom. The SMILES string of the molecule is CC(C)[C@@H](NC(=O)N(C)CC1(O)CCOCC1)C(=O)O. The Morgan fingerprint density at radius 1 is 1.35 bits per heavy atom. The largest absolute Gasteiger partial charge is 0.480 e. The van der Waals surface area contributed by atoms with Crippen LogP contribution in [0.3, 0.4) is 0 Å². The van der Waals surface area contributed by atoms with E-state index in [1.807, 2.05) is 0 Å². The number of likely N-dealkylation sites (N-methyl/N-ethyl adjacent to an activating group) is 1. The van der Waals surface area contributed by atoms with E-state index in [4.69, 9.17) is 9.84 Å². The first-order valence-electron chi connectivity index (χ1n) is 6.80. The number of carboxylic acids is 1. The van der Waals surface area contributed by atoms with Crippen LogP contribution in [0.2, 0.25) is 0 Å². The van der Waals surface area contributed by atoms with Gasteiger partial charge in [-0.2, -0.15) is 0 Å². The second kappa shape index (κ2) is 6.90. The summed E-state index contributed by atoms with van der Waals surface area (Å²) >= 11 is 0. The second-order valence-corrected chi connectivity index (χ2v) is 5.70. The van der Waals surface area contributed by atoms with Crippen LogP contribution < -0.4 is 5.32 Å². The van der Waals surface area contributed by atoms with Crippen molar-refractivity contribution in [2.45, 2.75) is 38.3 Å². The number of nitrogens with one attached hydrogen (secondary N) is 1. The number of amides is 2. The fraction of sp³-hybridized carbons (Fsp3) is 0.846. The highest BCUT2D eigenvalue weighted by Crippen LogP contribution is 2.21. The van der Waals surface area contributed by atoms with Crippen molar-refractivity contribution >= 4 is 12.0 Å². The molecule has 0 radical (unpaired) electrons. The van der Waals surface area contributed by atoms with E-state index in [2.05, 4.69) is 5.32 Å². The van der Waals surface area contributed by atoms with Crippen molar-refractivity contribution in [3.05, 3.63) is 0 Å². The Bertz CT molecular complexity index is 353. The van der Waals surface area contributed by atoms with Crippen LogP contribution in [0.5, 0.6) is 0 Å². The predicted octanol–water partition coefficient (Wildman–Crippen LogP) is 0.279. The number of urea groups is 1. The van der Waals surface area contributed by atoms with E-state index in [0.717, 1.165) is 0 Å². The maximum Gasteiger partial charge on any atom is 0.326 e. The van der Waals surface area contributed by atoms with E-state index in [-0.39, 0.29) is 12.5 Å². The summed E-state index contributed by atoms with van der Waals surface area (Å²) in [4.78, 5) is 24.4. The topological polar surface area (TPSA) is 99.1 Å². The zero-order valence-electron chi connectivity index (χ0n) is 12.3. The molecule has 7 nitrogen and oxygen atoms in total. The smallest absolute Gasteiger partial charge is 0.326 e. The molecule has 3 N–H and O–H groups in total. The number of rotatable bonds is 5. The molecule has 0 spiro atoms. The number of hydrogen-bond acceptors (Lipinski definition) is 4. The molecule has 2 amide bonds. The molecular formula is C13H24N2O5. The molecule has 1 saturated heterocycles. The summed E-state index contributed by atoms with van der Waals surface area (Å²) < 4.78 is 5.18. The Morgan fingerprint density at radius 2 is 1.90 bits per heavy atom. The van der Waals surface area contributed by atoms with E-state index in [1.54, 1.807) is 20.9 Å². The number of aliphatic carboxylic acids is 1. The van der Waals surface area contributed by atoms with Gasteiger partial charge in [-0.3, -0.25) is 0 Å². The minimum Gasteiger partial charge on any atom is -0.480 e. The third kappa shape index (κ3) is 4.64. The zero-order chi connectivity index (χ0) is 15.3. The molecule has 1 atom stereocenters. The lowest BCUT2D eigenvalue weighted by Gasteiger charge is -2.35. The minimum absolute atomic E-state index is 0.159. The van der Waals surface area contributed by atoms with E-state index < -0.39 is 23.6 Å². The van der Waals surface area contributed by atoms with E-state index in [1.165, 1.54) is 4.90 Å². The molecular weight excluding hydrogens is 264 g/mol. The van der Waals surface area contributed by atoms with Gasteiger partial charge in [0, 0.05) is 33.1 Å². The monoisotopic (exact) mass is 288 g/mol. The van der Waals surface area contributed by atoms with Crippen molar-refractivity contribution < 1.29 is 24.5 Å². The molecule has 0 aliphatic carbocycles. The molecule has 7 heteroatoms. The van der Waals surface area contributed by atoms with Crippen LogP contribution in [-0.2, 0) is 9.53 Å². The van der Waals surface area contributed by atoms with Crippen LogP contribution in [0.4, 0.5) is 4.79 Å². The fourth-order valence-corrected chi connectivity index (χ4v) is 2.18. The van der Waals surface area contributed by atoms with Gasteiger partial charge in [-0.1, -0.05) is 13.8 Å². The number of carbonyl (C=O) groups is 2. The average Bonchev–Trinajstić information content (AvgIpc) is 2.34. The number of carbonyl (C=O) groups excluding carboxylic acids is 1. The van der Waals surface area contributed by atoms with Gasteiger partial charge >= 0.3 is 12.0 Å². The summed E-state index contributed by atoms with van der Waals surface area (Å²) in [5.74, 6) is -1.28. The van der Waals surface area contributed by atoms with Crippen molar-refractivity contribution in [1.29, 1.82) is 0 Å². The zero-order valence-corrected chi connectivity index (χ0v) is 12.3. The van der Waals surface area contributed by atoms with Crippen LogP contribution in [-0.4, -0.2) is 65.6 Å². The van der Waals surface area contributed by atoms with E-state index >= 15 is 0 Å². The maximum absolute atomic E-state index is 12.0. The number of nitrogens with zero attached hydrogens (tertiary/aromatic N) is 1. The van der Waals surface area contributed by atoms with Gasteiger partial charge in [-0.05, 0) is 5.92 Å². The Balaban J connectivity index is 2.55. The summed E-state index contributed by atoms with van der Waals surface area (Å²) in [6.07, 6.45) is 0.939. The molecule has 0 bridgehead atoms. The standard InChI is InChI=1S/C13H24N2O5/c1-9(2)10(11(16)17)14-12(18)15(3)8-13(19)4-6-20-7-5-13/h9-10,19H,4-8H2,1-3H3,(H,14,18)(H,16,17)/t10-/m1/s1. The summed E-state index contributed by atoms with van der Waals surface area (Å²) in [5, 5.41) is 21.8. The first kappa shape index (κ1) is 16.7.